The third-order valence-corrected chi connectivity index (χ3v) is 5.01. The van der Waals surface area contributed by atoms with Crippen molar-refractivity contribution in [3.8, 4) is 17.2 Å². The Kier molecular flexibility index (Phi) is 6.87. The van der Waals surface area contributed by atoms with Gasteiger partial charge in [-0.25, -0.2) is 4.98 Å². The van der Waals surface area contributed by atoms with E-state index in [1.54, 1.807) is 6.07 Å². The number of carbonyl (C=O) groups is 1. The molecule has 162 valence electrons. The van der Waals surface area contributed by atoms with Crippen LogP contribution >= 0.6 is 11.6 Å². The van der Waals surface area contributed by atoms with Gasteiger partial charge in [-0.05, 0) is 37.3 Å². The number of halogens is 1. The summed E-state index contributed by atoms with van der Waals surface area (Å²) < 4.78 is 17.4. The lowest BCUT2D eigenvalue weighted by Gasteiger charge is -2.14. The van der Waals surface area contributed by atoms with E-state index in [4.69, 9.17) is 25.8 Å². The van der Waals surface area contributed by atoms with Gasteiger partial charge in [-0.3, -0.25) is 4.79 Å². The molecule has 0 bridgehead atoms. The van der Waals surface area contributed by atoms with Crippen molar-refractivity contribution in [2.75, 3.05) is 6.61 Å². The Balaban J connectivity index is 1.40. The molecule has 0 radical (unpaired) electrons. The number of benzene rings is 3. The summed E-state index contributed by atoms with van der Waals surface area (Å²) >= 11 is 6.24. The van der Waals surface area contributed by atoms with Crippen LogP contribution in [-0.4, -0.2) is 17.4 Å². The average Bonchev–Trinajstić information content (AvgIpc) is 2.81. The highest BCUT2D eigenvalue weighted by atomic mass is 35.5. The van der Waals surface area contributed by atoms with Gasteiger partial charge in [0, 0.05) is 17.0 Å². The normalized spacial score (nSPS) is 10.7. The molecule has 0 unspecified atom stereocenters. The van der Waals surface area contributed by atoms with Crippen LogP contribution in [0.4, 0.5) is 0 Å². The van der Waals surface area contributed by atoms with Crippen LogP contribution in [0.15, 0.2) is 78.9 Å². The molecule has 6 heteroatoms. The van der Waals surface area contributed by atoms with E-state index in [0.29, 0.717) is 28.9 Å². The zero-order valence-corrected chi connectivity index (χ0v) is 18.3. The molecule has 32 heavy (non-hydrogen) atoms. The topological polar surface area (TPSA) is 57.7 Å². The standard InChI is InChI=1S/C26H22ClNO4/c1-18(29)15-32-26-20(7-4-10-24(26)27)16-30-22-8-5-9-23(14-22)31-17-21-13-12-19-6-2-3-11-25(19)28-21/h2-14H,15-17H2,1H3. The molecule has 0 saturated carbocycles. The molecule has 0 saturated heterocycles. The number of para-hydroxylation sites is 2. The lowest BCUT2D eigenvalue weighted by molar-refractivity contribution is -0.118. The average molecular weight is 448 g/mol. The summed E-state index contributed by atoms with van der Waals surface area (Å²) in [6.07, 6.45) is 0. The van der Waals surface area contributed by atoms with Crippen molar-refractivity contribution < 1.29 is 19.0 Å². The number of pyridine rings is 1. The second-order valence-corrected chi connectivity index (χ2v) is 7.67. The number of aromatic nitrogens is 1. The number of rotatable bonds is 9. The molecular weight excluding hydrogens is 426 g/mol. The predicted octanol–water partition coefficient (Wildman–Crippen LogP) is 6.01. The van der Waals surface area contributed by atoms with Crippen molar-refractivity contribution in [3.05, 3.63) is 95.1 Å². The Hall–Kier alpha value is -3.57. The summed E-state index contributed by atoms with van der Waals surface area (Å²) in [6.45, 7) is 2.02. The van der Waals surface area contributed by atoms with Crippen LogP contribution in [0.3, 0.4) is 0 Å². The maximum atomic E-state index is 11.3. The fourth-order valence-electron chi connectivity index (χ4n) is 3.16. The van der Waals surface area contributed by atoms with Gasteiger partial charge in [-0.2, -0.15) is 0 Å². The smallest absolute Gasteiger partial charge is 0.167 e. The highest BCUT2D eigenvalue weighted by Gasteiger charge is 2.11. The Morgan fingerprint density at radius 2 is 1.59 bits per heavy atom. The van der Waals surface area contributed by atoms with Gasteiger partial charge >= 0.3 is 0 Å². The maximum Gasteiger partial charge on any atom is 0.167 e. The molecule has 1 heterocycles. The molecule has 4 rings (SSSR count). The number of hydrogen-bond donors (Lipinski definition) is 0. The van der Waals surface area contributed by atoms with Gasteiger partial charge in [-0.15, -0.1) is 0 Å². The van der Waals surface area contributed by atoms with Crippen LogP contribution in [0.2, 0.25) is 5.02 Å². The van der Waals surface area contributed by atoms with E-state index in [2.05, 4.69) is 4.98 Å². The van der Waals surface area contributed by atoms with Gasteiger partial charge in [0.15, 0.2) is 5.78 Å². The summed E-state index contributed by atoms with van der Waals surface area (Å²) in [4.78, 5) is 15.9. The third kappa shape index (κ3) is 5.56. The van der Waals surface area contributed by atoms with Crippen LogP contribution in [0.5, 0.6) is 17.2 Å². The molecule has 1 aromatic heterocycles. The van der Waals surface area contributed by atoms with E-state index >= 15 is 0 Å². The summed E-state index contributed by atoms with van der Waals surface area (Å²) in [6, 6.07) is 24.8. The zero-order chi connectivity index (χ0) is 22.3. The maximum absolute atomic E-state index is 11.3. The van der Waals surface area contributed by atoms with Crippen molar-refractivity contribution in [2.45, 2.75) is 20.1 Å². The minimum atomic E-state index is -0.0810. The van der Waals surface area contributed by atoms with Crippen molar-refractivity contribution >= 4 is 28.3 Å². The van der Waals surface area contributed by atoms with Crippen molar-refractivity contribution in [1.82, 2.24) is 4.98 Å². The monoisotopic (exact) mass is 447 g/mol. The lowest BCUT2D eigenvalue weighted by Crippen LogP contribution is -2.09. The number of Topliss-reactive ketones (excluding diaryl/α,β-unsaturated/α-hetero) is 1. The van der Waals surface area contributed by atoms with Crippen LogP contribution in [-0.2, 0) is 18.0 Å². The molecule has 0 amide bonds. The van der Waals surface area contributed by atoms with Crippen molar-refractivity contribution in [1.29, 1.82) is 0 Å². The number of carbonyl (C=O) groups excluding carboxylic acids is 1. The fourth-order valence-corrected chi connectivity index (χ4v) is 3.41. The van der Waals surface area contributed by atoms with Crippen LogP contribution in [0.1, 0.15) is 18.2 Å². The zero-order valence-electron chi connectivity index (χ0n) is 17.6. The molecule has 0 N–H and O–H groups in total. The van der Waals surface area contributed by atoms with Gasteiger partial charge < -0.3 is 14.2 Å². The molecule has 0 aliphatic rings. The first-order chi connectivity index (χ1) is 15.6. The number of nitrogens with zero attached hydrogens (tertiary/aromatic N) is 1. The second-order valence-electron chi connectivity index (χ2n) is 7.27. The van der Waals surface area contributed by atoms with Crippen LogP contribution in [0.25, 0.3) is 10.9 Å². The Labute approximate surface area is 191 Å². The second kappa shape index (κ2) is 10.2. The van der Waals surface area contributed by atoms with E-state index in [-0.39, 0.29) is 19.0 Å². The third-order valence-electron chi connectivity index (χ3n) is 4.71. The number of hydrogen-bond acceptors (Lipinski definition) is 5. The molecule has 0 aliphatic carbocycles. The Morgan fingerprint density at radius 1 is 0.844 bits per heavy atom. The lowest BCUT2D eigenvalue weighted by atomic mass is 10.2. The van der Waals surface area contributed by atoms with Gasteiger partial charge in [0.2, 0.25) is 0 Å². The summed E-state index contributed by atoms with van der Waals surface area (Å²) in [7, 11) is 0. The van der Waals surface area contributed by atoms with E-state index in [1.165, 1.54) is 6.92 Å². The van der Waals surface area contributed by atoms with Crippen molar-refractivity contribution in [3.63, 3.8) is 0 Å². The molecule has 3 aromatic carbocycles. The molecule has 0 aliphatic heterocycles. The van der Waals surface area contributed by atoms with Gasteiger partial charge in [0.25, 0.3) is 0 Å². The molecular formula is C26H22ClNO4. The molecule has 0 fully saturated rings. The number of ketones is 1. The summed E-state index contributed by atoms with van der Waals surface area (Å²) in [5.41, 5.74) is 2.54. The predicted molar refractivity (Wildman–Crippen MR) is 124 cm³/mol. The quantitative estimate of drug-likeness (QED) is 0.314. The van der Waals surface area contributed by atoms with E-state index in [0.717, 1.165) is 22.2 Å². The minimum Gasteiger partial charge on any atom is -0.489 e. The largest absolute Gasteiger partial charge is 0.489 e. The van der Waals surface area contributed by atoms with Crippen LogP contribution < -0.4 is 14.2 Å². The first kappa shape index (κ1) is 21.7. The highest BCUT2D eigenvalue weighted by molar-refractivity contribution is 6.32. The van der Waals surface area contributed by atoms with Crippen molar-refractivity contribution in [2.24, 2.45) is 0 Å². The highest BCUT2D eigenvalue weighted by Crippen LogP contribution is 2.30. The van der Waals surface area contributed by atoms with E-state index < -0.39 is 0 Å². The first-order valence-corrected chi connectivity index (χ1v) is 10.6. The molecule has 5 nitrogen and oxygen atoms in total. The first-order valence-electron chi connectivity index (χ1n) is 10.2. The molecule has 0 atom stereocenters. The number of fused-ring (bicyclic) bond motifs is 1. The van der Waals surface area contributed by atoms with Crippen LogP contribution in [0, 0.1) is 0 Å². The summed E-state index contributed by atoms with van der Waals surface area (Å²) in [5.74, 6) is 1.70. The Morgan fingerprint density at radius 3 is 2.41 bits per heavy atom. The number of ether oxygens (including phenoxy) is 3. The fraction of sp³-hybridized carbons (Fsp3) is 0.154. The van der Waals surface area contributed by atoms with Gasteiger partial charge in [-0.1, -0.05) is 54.1 Å². The van der Waals surface area contributed by atoms with Gasteiger partial charge in [0.1, 0.15) is 37.1 Å². The van der Waals surface area contributed by atoms with Gasteiger partial charge in [0.05, 0.1) is 16.2 Å². The van der Waals surface area contributed by atoms with E-state index in [9.17, 15) is 4.79 Å². The molecule has 0 spiro atoms. The summed E-state index contributed by atoms with van der Waals surface area (Å²) in [5, 5.41) is 1.53. The molecule has 4 aromatic rings. The van der Waals surface area contributed by atoms with E-state index in [1.807, 2.05) is 72.8 Å². The Bertz CT molecular complexity index is 1240. The SMILES string of the molecule is CC(=O)COc1c(Cl)cccc1COc1cccc(OCc2ccc3ccccc3n2)c1. The minimum absolute atomic E-state index is 0.0388.